The van der Waals surface area contributed by atoms with Gasteiger partial charge in [0.2, 0.25) is 0 Å². The smallest absolute Gasteiger partial charge is 0.460 e. The van der Waals surface area contributed by atoms with Crippen LogP contribution < -0.4 is 4.18 Å². The van der Waals surface area contributed by atoms with Crippen molar-refractivity contribution in [3.63, 3.8) is 0 Å². The molecule has 0 radical (unpaired) electrons. The Balaban J connectivity index is 2.57. The third-order valence-electron chi connectivity index (χ3n) is 3.49. The summed E-state index contributed by atoms with van der Waals surface area (Å²) in [6.07, 6.45) is -7.18. The number of phenols is 1. The number of fused-ring (bicyclic) bond motifs is 1. The molecule has 0 fully saturated rings. The van der Waals surface area contributed by atoms with Gasteiger partial charge >= 0.3 is 33.4 Å². The molecule has 14 heteroatoms. The maximum atomic E-state index is 13.7. The molecule has 2 aromatic rings. The second-order valence-electron chi connectivity index (χ2n) is 5.33. The minimum absolute atomic E-state index is 0.203. The van der Waals surface area contributed by atoms with Crippen molar-refractivity contribution in [2.45, 2.75) is 23.3 Å². The lowest BCUT2D eigenvalue weighted by atomic mass is 10.1. The molecule has 0 aliphatic heterocycles. The zero-order valence-corrected chi connectivity index (χ0v) is 13.8. The molecule has 0 saturated heterocycles. The molecule has 1 N–H and O–H groups in total. The zero-order chi connectivity index (χ0) is 21.8. The molecule has 0 aliphatic carbocycles. The highest BCUT2D eigenvalue weighted by molar-refractivity contribution is 7.88. The molecule has 0 bridgehead atoms. The van der Waals surface area contributed by atoms with Gasteiger partial charge in [-0.1, -0.05) is 24.3 Å². The van der Waals surface area contributed by atoms with E-state index in [1.165, 1.54) is 12.1 Å². The Kier molecular flexibility index (Phi) is 4.95. The normalized spacial score (nSPS) is 14.3. The van der Waals surface area contributed by atoms with Gasteiger partial charge in [0.1, 0.15) is 5.75 Å². The highest BCUT2D eigenvalue weighted by atomic mass is 32.2. The maximum absolute atomic E-state index is 13.7. The Morgan fingerprint density at radius 2 is 1.25 bits per heavy atom. The number of alkyl halides is 9. The van der Waals surface area contributed by atoms with Crippen LogP contribution in [0.25, 0.3) is 10.8 Å². The van der Waals surface area contributed by atoms with Crippen LogP contribution in [0, 0.1) is 0 Å². The van der Waals surface area contributed by atoms with Crippen molar-refractivity contribution in [2.24, 2.45) is 0 Å². The molecule has 0 aliphatic rings. The fourth-order valence-electron chi connectivity index (χ4n) is 2.02. The first-order valence-electron chi connectivity index (χ1n) is 6.82. The van der Waals surface area contributed by atoms with Gasteiger partial charge in [0, 0.05) is 10.8 Å². The molecule has 0 unspecified atom stereocenters. The van der Waals surface area contributed by atoms with Crippen LogP contribution in [0.4, 0.5) is 39.5 Å². The van der Waals surface area contributed by atoms with Gasteiger partial charge in [0.15, 0.2) is 5.75 Å². The van der Waals surface area contributed by atoms with E-state index in [2.05, 4.69) is 4.18 Å². The molecule has 0 aromatic heterocycles. The van der Waals surface area contributed by atoms with E-state index in [1.54, 1.807) is 0 Å². The summed E-state index contributed by atoms with van der Waals surface area (Å²) in [6.45, 7) is 0. The fourth-order valence-corrected chi connectivity index (χ4v) is 2.95. The quantitative estimate of drug-likeness (QED) is 0.540. The van der Waals surface area contributed by atoms with E-state index >= 15 is 0 Å². The van der Waals surface area contributed by atoms with E-state index in [1.807, 2.05) is 0 Å². The van der Waals surface area contributed by atoms with Crippen LogP contribution in [0.2, 0.25) is 0 Å². The van der Waals surface area contributed by atoms with Gasteiger partial charge in [-0.3, -0.25) is 0 Å². The molecule has 0 atom stereocenters. The van der Waals surface area contributed by atoms with Gasteiger partial charge < -0.3 is 9.29 Å². The second kappa shape index (κ2) is 6.32. The first-order chi connectivity index (χ1) is 12.5. The molecular formula is C14H7F9O4S. The number of benzene rings is 2. The lowest BCUT2D eigenvalue weighted by molar-refractivity contribution is -0.382. The highest BCUT2D eigenvalue weighted by Gasteiger charge is 2.86. The molecular weight excluding hydrogens is 435 g/mol. The maximum Gasteiger partial charge on any atom is 0.460 e. The first kappa shape index (κ1) is 21.9. The number of rotatable bonds is 5. The number of phenolic OH excluding ortho intramolecular Hbond substituents is 1. The average molecular weight is 442 g/mol. The van der Waals surface area contributed by atoms with E-state index in [9.17, 15) is 53.0 Å². The Morgan fingerprint density at radius 1 is 0.750 bits per heavy atom. The predicted molar refractivity (Wildman–Crippen MR) is 76.1 cm³/mol. The molecule has 2 rings (SSSR count). The van der Waals surface area contributed by atoms with Gasteiger partial charge in [-0.2, -0.15) is 47.9 Å². The largest absolute Gasteiger partial charge is 0.507 e. The SMILES string of the molecule is O=S(=O)(Oc1ccc(O)c2ccccc12)C(F)(F)C(F)(F)C(F)(F)C(F)(F)F. The van der Waals surface area contributed by atoms with Gasteiger partial charge in [0.05, 0.1) is 0 Å². The van der Waals surface area contributed by atoms with E-state index in [0.717, 1.165) is 12.1 Å². The monoisotopic (exact) mass is 442 g/mol. The molecule has 0 saturated carbocycles. The van der Waals surface area contributed by atoms with E-state index in [4.69, 9.17) is 0 Å². The van der Waals surface area contributed by atoms with Crippen LogP contribution in [0.3, 0.4) is 0 Å². The Morgan fingerprint density at radius 3 is 1.75 bits per heavy atom. The van der Waals surface area contributed by atoms with Gasteiger partial charge in [-0.25, -0.2) is 0 Å². The number of hydrogen-bond acceptors (Lipinski definition) is 4. The standard InChI is InChI=1S/C14H7F9O4S/c15-11(16,13(19,20)21)12(17,18)14(22,23)28(25,26)27-10-6-5-9(24)7-3-1-2-4-8(7)10/h1-6,24H. The molecule has 28 heavy (non-hydrogen) atoms. The van der Waals surface area contributed by atoms with Crippen molar-refractivity contribution >= 4 is 20.9 Å². The number of halogens is 9. The van der Waals surface area contributed by atoms with Crippen LogP contribution in [0.15, 0.2) is 36.4 Å². The molecule has 2 aromatic carbocycles. The van der Waals surface area contributed by atoms with Crippen LogP contribution in [0.1, 0.15) is 0 Å². The van der Waals surface area contributed by atoms with Crippen molar-refractivity contribution in [3.05, 3.63) is 36.4 Å². The van der Waals surface area contributed by atoms with Crippen molar-refractivity contribution in [2.75, 3.05) is 0 Å². The average Bonchev–Trinajstić information content (AvgIpc) is 2.56. The van der Waals surface area contributed by atoms with Gasteiger partial charge in [-0.05, 0) is 12.1 Å². The van der Waals surface area contributed by atoms with Gasteiger partial charge in [-0.15, -0.1) is 0 Å². The summed E-state index contributed by atoms with van der Waals surface area (Å²) in [4.78, 5) is 0. The zero-order valence-electron chi connectivity index (χ0n) is 12.9. The third kappa shape index (κ3) is 3.08. The molecule has 0 amide bonds. The minimum atomic E-state index is -7.40. The summed E-state index contributed by atoms with van der Waals surface area (Å²) in [6, 6.07) is 5.83. The van der Waals surface area contributed by atoms with Crippen molar-refractivity contribution < 1.29 is 57.2 Å². The van der Waals surface area contributed by atoms with Crippen LogP contribution in [0.5, 0.6) is 11.5 Å². The topological polar surface area (TPSA) is 63.6 Å². The number of aromatic hydroxyl groups is 1. The lowest BCUT2D eigenvalue weighted by Gasteiger charge is -2.32. The van der Waals surface area contributed by atoms with Crippen LogP contribution in [-0.4, -0.2) is 36.8 Å². The fraction of sp³-hybridized carbons (Fsp3) is 0.286. The predicted octanol–water partition coefficient (Wildman–Crippen LogP) is 4.68. The summed E-state index contributed by atoms with van der Waals surface area (Å²) in [7, 11) is -7.06. The summed E-state index contributed by atoms with van der Waals surface area (Å²) in [5.41, 5.74) is 0. The number of hydrogen-bond donors (Lipinski definition) is 1. The van der Waals surface area contributed by atoms with Crippen molar-refractivity contribution in [3.8, 4) is 11.5 Å². The molecule has 0 heterocycles. The van der Waals surface area contributed by atoms with Crippen molar-refractivity contribution in [1.82, 2.24) is 0 Å². The van der Waals surface area contributed by atoms with Crippen molar-refractivity contribution in [1.29, 1.82) is 0 Å². The molecule has 4 nitrogen and oxygen atoms in total. The Hall–Kier alpha value is -2.38. The minimum Gasteiger partial charge on any atom is -0.507 e. The summed E-state index contributed by atoms with van der Waals surface area (Å²) in [5, 5.41) is 1.98. The third-order valence-corrected chi connectivity index (χ3v) is 4.77. The lowest BCUT2D eigenvalue weighted by Crippen LogP contribution is -2.63. The van der Waals surface area contributed by atoms with Gasteiger partial charge in [0.25, 0.3) is 0 Å². The second-order valence-corrected chi connectivity index (χ2v) is 6.92. The highest BCUT2D eigenvalue weighted by Crippen LogP contribution is 2.55. The Labute approximate surface area is 150 Å². The van der Waals surface area contributed by atoms with Crippen LogP contribution in [-0.2, 0) is 10.1 Å². The Bertz CT molecular complexity index is 1000. The molecule has 156 valence electrons. The van der Waals surface area contributed by atoms with E-state index in [-0.39, 0.29) is 5.39 Å². The van der Waals surface area contributed by atoms with E-state index in [0.29, 0.717) is 12.1 Å². The molecule has 0 spiro atoms. The summed E-state index contributed by atoms with van der Waals surface area (Å²) >= 11 is 0. The summed E-state index contributed by atoms with van der Waals surface area (Å²) < 4.78 is 143. The first-order valence-corrected chi connectivity index (χ1v) is 8.23. The van der Waals surface area contributed by atoms with E-state index < -0.39 is 50.3 Å². The summed E-state index contributed by atoms with van der Waals surface area (Å²) in [5.74, 6) is -16.4. The van der Waals surface area contributed by atoms with Crippen LogP contribution >= 0.6 is 0 Å².